The largest absolute Gasteiger partial charge is 2.00 e. The zero-order valence-electron chi connectivity index (χ0n) is 35.3. The fourth-order valence-electron chi connectivity index (χ4n) is 7.83. The van der Waals surface area contributed by atoms with Crippen LogP contribution in [0.3, 0.4) is 0 Å². The van der Waals surface area contributed by atoms with Gasteiger partial charge in [-0.05, 0) is 118 Å². The van der Waals surface area contributed by atoms with Gasteiger partial charge in [-0.1, -0.05) is 72.8 Å². The van der Waals surface area contributed by atoms with E-state index < -0.39 is 23.9 Å². The predicted molar refractivity (Wildman–Crippen MR) is 241 cm³/mol. The van der Waals surface area contributed by atoms with Crippen molar-refractivity contribution in [1.29, 1.82) is 0 Å². The number of aliphatic imine (C=N–C) groups is 3. The molecule has 0 atom stereocenters. The summed E-state index contributed by atoms with van der Waals surface area (Å²) in [6.07, 6.45) is 11.5. The Balaban J connectivity index is 0.00000576. The van der Waals surface area contributed by atoms with E-state index in [4.69, 9.17) is 38.9 Å². The molecule has 320 valence electrons. The number of rotatable bonds is 7. The van der Waals surface area contributed by atoms with Crippen molar-refractivity contribution < 1.29 is 55.5 Å². The Morgan fingerprint density at radius 1 is 0.431 bits per heavy atom. The average Bonchev–Trinajstić information content (AvgIpc) is 4.20. The molecule has 0 amide bonds. The molecule has 4 aliphatic heterocycles. The number of methoxy groups -OCH3 is 4. The van der Waals surface area contributed by atoms with Crippen LogP contribution >= 0.6 is 0 Å². The summed E-state index contributed by atoms with van der Waals surface area (Å²) in [6, 6.07) is 32.1. The number of allylic oxidation sites excluding steroid dienone is 8. The Hall–Kier alpha value is -8.12. The van der Waals surface area contributed by atoms with E-state index in [0.717, 1.165) is 21.9 Å². The number of aromatic nitrogens is 1. The number of fused-ring (bicyclic) bond motifs is 5. The topological polar surface area (TPSA) is 162 Å². The Morgan fingerprint density at radius 3 is 1.17 bits per heavy atom. The van der Waals surface area contributed by atoms with E-state index in [1.807, 2.05) is 97.1 Å². The third kappa shape index (κ3) is 8.29. The number of benzene rings is 4. The van der Waals surface area contributed by atoms with Gasteiger partial charge in [0.05, 0.1) is 78.2 Å². The van der Waals surface area contributed by atoms with Crippen LogP contribution in [-0.4, -0.2) is 63.5 Å². The molecule has 65 heavy (non-hydrogen) atoms. The summed E-state index contributed by atoms with van der Waals surface area (Å²) >= 11 is 0. The van der Waals surface area contributed by atoms with Gasteiger partial charge in [0.1, 0.15) is 0 Å². The van der Waals surface area contributed by atoms with Crippen LogP contribution in [0.5, 0.6) is 0 Å². The van der Waals surface area contributed by atoms with Gasteiger partial charge in [0.2, 0.25) is 0 Å². The van der Waals surface area contributed by atoms with Gasteiger partial charge in [0, 0.05) is 11.1 Å². The molecule has 4 aromatic carbocycles. The molecule has 8 bridgehead atoms. The van der Waals surface area contributed by atoms with Crippen molar-refractivity contribution in [1.82, 2.24) is 4.98 Å². The quantitative estimate of drug-likeness (QED) is 0.110. The number of carbonyl (C=O) groups excluding carboxylic acids is 3. The molecule has 0 saturated heterocycles. The number of hydrogen-bond acceptors (Lipinski definition) is 11. The summed E-state index contributed by atoms with van der Waals surface area (Å²) in [4.78, 5) is 58.4. The smallest absolute Gasteiger partial charge is 0.657 e. The monoisotopic (exact) mass is 900 g/mol. The minimum atomic E-state index is -0.464. The predicted octanol–water partition coefficient (Wildman–Crippen LogP) is 5.90. The van der Waals surface area contributed by atoms with Gasteiger partial charge >= 0.3 is 35.0 Å². The first-order valence-electron chi connectivity index (χ1n) is 20.0. The molecule has 0 radical (unpaired) electrons. The zero-order valence-corrected chi connectivity index (χ0v) is 36.4. The maximum absolute atomic E-state index is 12.5. The van der Waals surface area contributed by atoms with E-state index in [2.05, 4.69) is 0 Å². The molecule has 13 heteroatoms. The van der Waals surface area contributed by atoms with E-state index >= 15 is 0 Å². The van der Waals surface area contributed by atoms with Crippen molar-refractivity contribution >= 4 is 63.3 Å². The fourth-order valence-corrected chi connectivity index (χ4v) is 7.83. The average molecular weight is 901 g/mol. The summed E-state index contributed by atoms with van der Waals surface area (Å²) < 4.78 is 19.9. The van der Waals surface area contributed by atoms with Crippen LogP contribution in [0.2, 0.25) is 0 Å². The van der Waals surface area contributed by atoms with E-state index in [1.54, 1.807) is 48.5 Å². The standard InChI is InChI=1S/C52H38N4O8.Fe/c1-61-49(57)33-13-5-29(6-14-33)45-37-21-23-39(53-37)46(30-7-15-34(16-8-30)50(58)62-2)41-25-27-43(55-41)48(32-11-19-36(20-12-32)52(60)64-4)44-28-26-42(56-44)47(40-24-22-38(45)54-40)31-9-17-35(18-10-31)51(59)63-3;/h5-28H,1-4H3,(H2,53,54,55,56,57,58,59,60);/q;+2/p-2. The molecular weight excluding hydrogens is 864 g/mol. The van der Waals surface area contributed by atoms with E-state index in [9.17, 15) is 19.5 Å². The zero-order chi connectivity index (χ0) is 44.5. The van der Waals surface area contributed by atoms with Gasteiger partial charge in [-0.25, -0.2) is 29.4 Å². The molecule has 0 aliphatic carbocycles. The first-order valence-corrected chi connectivity index (χ1v) is 20.0. The Bertz CT molecular complexity index is 3210. The van der Waals surface area contributed by atoms with Crippen LogP contribution in [-0.2, 0) is 36.0 Å². The van der Waals surface area contributed by atoms with Crippen LogP contribution in [0.1, 0.15) is 59.2 Å². The van der Waals surface area contributed by atoms with Gasteiger partial charge in [0.15, 0.2) is 0 Å². The fraction of sp³-hybridized carbons (Fsp3) is 0.0769. The van der Waals surface area contributed by atoms with Crippen molar-refractivity contribution in [3.63, 3.8) is 0 Å². The molecular formula is C52H36FeN4O8. The van der Waals surface area contributed by atoms with Crippen molar-refractivity contribution in [2.24, 2.45) is 15.0 Å². The van der Waals surface area contributed by atoms with E-state index in [-0.39, 0.29) is 17.1 Å². The molecule has 12 nitrogen and oxygen atoms in total. The molecule has 0 N–H and O–H groups in total. The maximum atomic E-state index is 12.5. The first-order chi connectivity index (χ1) is 31.2. The van der Waals surface area contributed by atoms with Crippen LogP contribution in [0.15, 0.2) is 178 Å². The van der Waals surface area contributed by atoms with E-state index in [1.165, 1.54) is 28.4 Å². The SMILES string of the molecule is COC(=O)c1ccc(C2=C3C=CC(=N3)C(c3ccc(C(=O)OC)cc3)=C3C=CC(=N3)C(=c3ccc(=C([O-])OC)cc3)c3ccc([n-]3)C(c3ccc(C(=O)OC)cc3)=C3C=CC2=N3)cc1.[Fe+2]. The molecule has 0 unspecified atom stereocenters. The van der Waals surface area contributed by atoms with Gasteiger partial charge in [-0.2, -0.15) is 0 Å². The molecule has 0 fully saturated rings. The second kappa shape index (κ2) is 18.3. The molecule has 5 heterocycles. The first kappa shape index (κ1) is 43.5. The van der Waals surface area contributed by atoms with Crippen molar-refractivity contribution in [2.75, 3.05) is 28.4 Å². The van der Waals surface area contributed by atoms with Gasteiger partial charge < -0.3 is 29.0 Å². The Labute approximate surface area is 383 Å². The van der Waals surface area contributed by atoms with Crippen LogP contribution in [0, 0.1) is 0 Å². The summed E-state index contributed by atoms with van der Waals surface area (Å²) in [5.41, 5.74) is 11.0. The van der Waals surface area contributed by atoms with Crippen molar-refractivity contribution in [3.8, 4) is 0 Å². The Morgan fingerprint density at radius 2 is 0.785 bits per heavy atom. The molecule has 5 aromatic rings. The van der Waals surface area contributed by atoms with Crippen molar-refractivity contribution in [3.05, 3.63) is 218 Å². The normalized spacial score (nSPS) is 14.8. The van der Waals surface area contributed by atoms with Gasteiger partial charge in [-0.3, -0.25) is 0 Å². The molecule has 9 rings (SSSR count). The third-order valence-electron chi connectivity index (χ3n) is 11.0. The number of ether oxygens (including phenoxy) is 4. The summed E-state index contributed by atoms with van der Waals surface area (Å²) in [5.74, 6) is -1.86. The number of hydrogen-bond donors (Lipinski definition) is 0. The molecule has 0 saturated carbocycles. The molecule has 4 aliphatic rings. The van der Waals surface area contributed by atoms with Crippen LogP contribution in [0.4, 0.5) is 0 Å². The van der Waals surface area contributed by atoms with Crippen LogP contribution < -0.4 is 20.5 Å². The summed E-state index contributed by atoms with van der Waals surface area (Å²) in [5, 5.41) is 13.6. The number of carbonyl (C=O) groups is 3. The second-order valence-electron chi connectivity index (χ2n) is 14.6. The van der Waals surface area contributed by atoms with Gasteiger partial charge in [0.25, 0.3) is 0 Å². The molecule has 1 aromatic heterocycles. The molecule has 0 spiro atoms. The van der Waals surface area contributed by atoms with Crippen molar-refractivity contribution in [2.45, 2.75) is 0 Å². The minimum absolute atomic E-state index is 0. The summed E-state index contributed by atoms with van der Waals surface area (Å²) in [7, 11) is 5.35. The Kier molecular flexibility index (Phi) is 12.3. The van der Waals surface area contributed by atoms with Gasteiger partial charge in [-0.15, -0.1) is 11.4 Å². The number of esters is 3. The van der Waals surface area contributed by atoms with E-state index in [0.29, 0.717) is 89.8 Å². The van der Waals surface area contributed by atoms with Crippen LogP contribution in [0.25, 0.3) is 28.2 Å². The third-order valence-corrected chi connectivity index (χ3v) is 11.0. The maximum Gasteiger partial charge on any atom is 2.00 e. The minimum Gasteiger partial charge on any atom is -0.657 e. The summed E-state index contributed by atoms with van der Waals surface area (Å²) in [6.45, 7) is 0. The number of nitrogens with zero attached hydrogens (tertiary/aromatic N) is 4. The second-order valence-corrected chi connectivity index (χ2v) is 14.6.